The number of alkyl halides is 3. The van der Waals surface area contributed by atoms with Crippen LogP contribution >= 0.6 is 24.2 Å². The molecule has 0 bridgehead atoms. The van der Waals surface area contributed by atoms with E-state index in [1.807, 2.05) is 7.05 Å². The summed E-state index contributed by atoms with van der Waals surface area (Å²) in [4.78, 5) is 7.03. The highest BCUT2D eigenvalue weighted by atomic mass is 35.5. The lowest BCUT2D eigenvalue weighted by molar-refractivity contribution is -0.137. The van der Waals surface area contributed by atoms with E-state index < -0.39 is 11.7 Å². The van der Waals surface area contributed by atoms with E-state index in [9.17, 15) is 13.2 Å². The number of aromatic nitrogens is 2. The number of hydrogen-bond acceptors (Lipinski definition) is 6. The molecule has 0 spiro atoms. The second kappa shape index (κ2) is 8.39. The maximum Gasteiger partial charge on any atom is 0.416 e. The van der Waals surface area contributed by atoms with E-state index >= 15 is 0 Å². The van der Waals surface area contributed by atoms with E-state index in [-0.39, 0.29) is 18.4 Å². The summed E-state index contributed by atoms with van der Waals surface area (Å²) in [6, 6.07) is 5.26. The van der Waals surface area contributed by atoms with Gasteiger partial charge in [0.15, 0.2) is 5.82 Å². The molecule has 1 saturated heterocycles. The third-order valence-electron chi connectivity index (χ3n) is 3.82. The molecule has 1 fully saturated rings. The van der Waals surface area contributed by atoms with Crippen LogP contribution in [-0.2, 0) is 11.9 Å². The molecule has 1 unspecified atom stereocenters. The van der Waals surface area contributed by atoms with E-state index in [0.29, 0.717) is 22.4 Å². The molecule has 1 N–H and O–H groups in total. The monoisotopic (exact) mass is 394 g/mol. The first-order valence-corrected chi connectivity index (χ1v) is 8.45. The highest BCUT2D eigenvalue weighted by molar-refractivity contribution is 7.98. The van der Waals surface area contributed by atoms with Crippen molar-refractivity contribution < 1.29 is 17.7 Å². The second-order valence-corrected chi connectivity index (χ2v) is 6.61. The summed E-state index contributed by atoms with van der Waals surface area (Å²) in [5.41, 5.74) is -0.659. The van der Waals surface area contributed by atoms with Crippen LogP contribution in [0, 0.1) is 0 Å². The van der Waals surface area contributed by atoms with Crippen molar-refractivity contribution in [3.05, 3.63) is 41.5 Å². The fourth-order valence-electron chi connectivity index (χ4n) is 2.46. The van der Waals surface area contributed by atoms with Crippen LogP contribution in [0.25, 0.3) is 0 Å². The minimum atomic E-state index is -4.34. The summed E-state index contributed by atoms with van der Waals surface area (Å²) in [5, 5.41) is 7.27. The van der Waals surface area contributed by atoms with Gasteiger partial charge < -0.3 is 9.84 Å². The molecule has 25 heavy (non-hydrogen) atoms. The standard InChI is InChI=1S/C15H17F3N4OS.ClH/c1-22-6-5-19-8-12(22)14-20-13(23-21-14)9-24-11-4-2-3-10(7-11)15(16,17)18;/h2-4,7,12,19H,5-6,8-9H2,1H3;1H. The fourth-order valence-corrected chi connectivity index (χ4v) is 3.26. The van der Waals surface area contributed by atoms with Crippen LogP contribution in [0.3, 0.4) is 0 Å². The van der Waals surface area contributed by atoms with Gasteiger partial charge in [0.1, 0.15) is 0 Å². The van der Waals surface area contributed by atoms with E-state index in [1.54, 1.807) is 6.07 Å². The van der Waals surface area contributed by atoms with E-state index in [1.165, 1.54) is 17.8 Å². The second-order valence-electron chi connectivity index (χ2n) is 5.56. The van der Waals surface area contributed by atoms with Crippen LogP contribution in [0.15, 0.2) is 33.7 Å². The number of likely N-dealkylation sites (N-methyl/N-ethyl adjacent to an activating group) is 1. The number of nitrogens with one attached hydrogen (secondary N) is 1. The Hall–Kier alpha value is -1.29. The van der Waals surface area contributed by atoms with Gasteiger partial charge >= 0.3 is 6.18 Å². The zero-order valence-electron chi connectivity index (χ0n) is 13.4. The smallest absolute Gasteiger partial charge is 0.338 e. The van der Waals surface area contributed by atoms with E-state index in [0.717, 1.165) is 31.8 Å². The molecule has 3 rings (SSSR count). The lowest BCUT2D eigenvalue weighted by Gasteiger charge is -2.30. The average Bonchev–Trinajstić information content (AvgIpc) is 3.02. The Morgan fingerprint density at radius 2 is 2.20 bits per heavy atom. The van der Waals surface area contributed by atoms with Crippen LogP contribution < -0.4 is 5.32 Å². The van der Waals surface area contributed by atoms with Crippen LogP contribution in [-0.4, -0.2) is 41.7 Å². The van der Waals surface area contributed by atoms with Crippen LogP contribution in [0.4, 0.5) is 13.2 Å². The topological polar surface area (TPSA) is 54.2 Å². The quantitative estimate of drug-likeness (QED) is 0.802. The Morgan fingerprint density at radius 1 is 1.40 bits per heavy atom. The largest absolute Gasteiger partial charge is 0.416 e. The van der Waals surface area contributed by atoms with Gasteiger partial charge in [0.2, 0.25) is 5.89 Å². The number of piperazine rings is 1. The Balaban J connectivity index is 0.00000225. The lowest BCUT2D eigenvalue weighted by Crippen LogP contribution is -2.44. The summed E-state index contributed by atoms with van der Waals surface area (Å²) in [5.74, 6) is 1.34. The van der Waals surface area contributed by atoms with Crippen LogP contribution in [0.5, 0.6) is 0 Å². The van der Waals surface area contributed by atoms with Gasteiger partial charge in [-0.15, -0.1) is 24.2 Å². The summed E-state index contributed by atoms with van der Waals surface area (Å²) in [7, 11) is 2.00. The first-order chi connectivity index (χ1) is 11.4. The van der Waals surface area contributed by atoms with Gasteiger partial charge in [-0.25, -0.2) is 0 Å². The van der Waals surface area contributed by atoms with Crippen molar-refractivity contribution in [3.8, 4) is 0 Å². The van der Waals surface area contributed by atoms with Crippen LogP contribution in [0.1, 0.15) is 23.3 Å². The Labute approximate surface area is 153 Å². The van der Waals surface area contributed by atoms with Gasteiger partial charge in [0, 0.05) is 24.5 Å². The highest BCUT2D eigenvalue weighted by Gasteiger charge is 2.30. The molecule has 0 radical (unpaired) electrons. The molecule has 1 aliphatic heterocycles. The third kappa shape index (κ3) is 5.10. The number of nitrogens with zero attached hydrogens (tertiary/aromatic N) is 3. The molecule has 138 valence electrons. The van der Waals surface area contributed by atoms with Gasteiger partial charge in [-0.3, -0.25) is 4.90 Å². The number of thioether (sulfide) groups is 1. The van der Waals surface area contributed by atoms with E-state index in [4.69, 9.17) is 4.52 Å². The van der Waals surface area contributed by atoms with Crippen molar-refractivity contribution >= 4 is 24.2 Å². The summed E-state index contributed by atoms with van der Waals surface area (Å²) >= 11 is 1.24. The normalized spacial score (nSPS) is 18.8. The lowest BCUT2D eigenvalue weighted by atomic mass is 10.2. The van der Waals surface area contributed by atoms with Crippen molar-refractivity contribution in [2.45, 2.75) is 22.9 Å². The van der Waals surface area contributed by atoms with Gasteiger partial charge in [0.05, 0.1) is 17.4 Å². The fraction of sp³-hybridized carbons (Fsp3) is 0.467. The van der Waals surface area contributed by atoms with Crippen molar-refractivity contribution in [2.75, 3.05) is 26.7 Å². The number of halogens is 4. The zero-order chi connectivity index (χ0) is 17.2. The van der Waals surface area contributed by atoms with Gasteiger partial charge in [-0.05, 0) is 25.2 Å². The molecule has 1 atom stereocenters. The molecule has 1 aromatic carbocycles. The molecule has 1 aliphatic rings. The minimum Gasteiger partial charge on any atom is -0.338 e. The molecule has 0 aliphatic carbocycles. The molecular weight excluding hydrogens is 377 g/mol. The molecule has 10 heteroatoms. The molecule has 0 amide bonds. The molecule has 2 heterocycles. The zero-order valence-corrected chi connectivity index (χ0v) is 15.0. The van der Waals surface area contributed by atoms with Gasteiger partial charge in [-0.1, -0.05) is 11.2 Å². The predicted octanol–water partition coefficient (Wildman–Crippen LogP) is 3.38. The van der Waals surface area contributed by atoms with Gasteiger partial charge in [-0.2, -0.15) is 18.2 Å². The maximum atomic E-state index is 12.7. The molecule has 5 nitrogen and oxygen atoms in total. The predicted molar refractivity (Wildman–Crippen MR) is 90.8 cm³/mol. The Bertz CT molecular complexity index is 697. The highest BCUT2D eigenvalue weighted by Crippen LogP contribution is 2.32. The summed E-state index contributed by atoms with van der Waals surface area (Å²) in [6.45, 7) is 2.56. The SMILES string of the molecule is CN1CCNCC1c1noc(CSc2cccc(C(F)(F)F)c2)n1.Cl. The first-order valence-electron chi connectivity index (χ1n) is 7.47. The third-order valence-corrected chi connectivity index (χ3v) is 4.80. The van der Waals surface area contributed by atoms with Crippen molar-refractivity contribution in [1.29, 1.82) is 0 Å². The summed E-state index contributed by atoms with van der Waals surface area (Å²) < 4.78 is 43.4. The van der Waals surface area contributed by atoms with Gasteiger partial charge in [0.25, 0.3) is 0 Å². The van der Waals surface area contributed by atoms with E-state index in [2.05, 4.69) is 20.4 Å². The number of hydrogen-bond donors (Lipinski definition) is 1. The minimum absolute atomic E-state index is 0. The summed E-state index contributed by atoms with van der Waals surface area (Å²) in [6.07, 6.45) is -4.34. The number of benzene rings is 1. The van der Waals surface area contributed by atoms with Crippen LogP contribution in [0.2, 0.25) is 0 Å². The maximum absolute atomic E-state index is 12.7. The van der Waals surface area contributed by atoms with Crippen molar-refractivity contribution in [1.82, 2.24) is 20.4 Å². The van der Waals surface area contributed by atoms with Crippen molar-refractivity contribution in [3.63, 3.8) is 0 Å². The number of rotatable bonds is 4. The Kier molecular flexibility index (Phi) is 6.72. The molecule has 0 saturated carbocycles. The first kappa shape index (κ1) is 20.0. The van der Waals surface area contributed by atoms with Crippen molar-refractivity contribution in [2.24, 2.45) is 0 Å². The molecule has 1 aromatic heterocycles. The molecular formula is C15H18ClF3N4OS. The average molecular weight is 395 g/mol. The molecule has 2 aromatic rings. The Morgan fingerprint density at radius 3 is 2.92 bits per heavy atom.